The average molecular weight is 555 g/mol. The van der Waals surface area contributed by atoms with E-state index in [2.05, 4.69) is 36.8 Å². The number of aryl methyl sites for hydroxylation is 1. The lowest BCUT2D eigenvalue weighted by Crippen LogP contribution is -2.36. The smallest absolute Gasteiger partial charge is 0.231 e. The second-order valence-electron chi connectivity index (χ2n) is 10.7. The summed E-state index contributed by atoms with van der Waals surface area (Å²) in [7, 11) is 1.68. The van der Waals surface area contributed by atoms with E-state index in [4.69, 9.17) is 23.9 Å². The maximum atomic E-state index is 5.80. The first-order chi connectivity index (χ1) is 20.1. The molecule has 212 valence electrons. The summed E-state index contributed by atoms with van der Waals surface area (Å²) in [5.41, 5.74) is 5.77. The molecule has 1 aliphatic carbocycles. The second kappa shape index (κ2) is 10.9. The van der Waals surface area contributed by atoms with Crippen molar-refractivity contribution in [3.63, 3.8) is 0 Å². The molecule has 11 heteroatoms. The zero-order valence-electron chi connectivity index (χ0n) is 23.4. The molecular formula is C30H34N8O3. The quantitative estimate of drug-likeness (QED) is 0.227. The number of ether oxygens (including phenoxy) is 2. The van der Waals surface area contributed by atoms with Crippen molar-refractivity contribution in [2.45, 2.75) is 45.1 Å². The third-order valence-corrected chi connectivity index (χ3v) is 7.94. The average Bonchev–Trinajstić information content (AvgIpc) is 3.60. The van der Waals surface area contributed by atoms with Gasteiger partial charge >= 0.3 is 0 Å². The van der Waals surface area contributed by atoms with Crippen molar-refractivity contribution in [3.8, 4) is 17.0 Å². The molecule has 2 aliphatic rings. The second-order valence-corrected chi connectivity index (χ2v) is 10.7. The van der Waals surface area contributed by atoms with Gasteiger partial charge in [-0.1, -0.05) is 25.3 Å². The van der Waals surface area contributed by atoms with E-state index >= 15 is 0 Å². The maximum absolute atomic E-state index is 5.80. The van der Waals surface area contributed by atoms with Crippen LogP contribution in [0.5, 0.6) is 5.75 Å². The molecule has 0 unspecified atom stereocenters. The van der Waals surface area contributed by atoms with Gasteiger partial charge in [-0.05, 0) is 37.1 Å². The van der Waals surface area contributed by atoms with Crippen LogP contribution >= 0.6 is 0 Å². The predicted octanol–water partition coefficient (Wildman–Crippen LogP) is 5.80. The highest BCUT2D eigenvalue weighted by Gasteiger charge is 2.22. The van der Waals surface area contributed by atoms with Crippen LogP contribution in [0.25, 0.3) is 33.4 Å². The van der Waals surface area contributed by atoms with Gasteiger partial charge in [-0.2, -0.15) is 15.1 Å². The first kappa shape index (κ1) is 25.6. The largest absolute Gasteiger partial charge is 0.494 e. The zero-order valence-corrected chi connectivity index (χ0v) is 23.4. The number of H-pyrrole nitrogens is 1. The molecule has 2 fully saturated rings. The Morgan fingerprint density at radius 2 is 1.85 bits per heavy atom. The summed E-state index contributed by atoms with van der Waals surface area (Å²) in [4.78, 5) is 16.5. The van der Waals surface area contributed by atoms with Crippen LogP contribution in [-0.4, -0.2) is 64.6 Å². The van der Waals surface area contributed by atoms with Gasteiger partial charge in [0.25, 0.3) is 0 Å². The van der Waals surface area contributed by atoms with E-state index in [9.17, 15) is 0 Å². The van der Waals surface area contributed by atoms with Crippen LogP contribution in [0.2, 0.25) is 0 Å². The monoisotopic (exact) mass is 554 g/mol. The summed E-state index contributed by atoms with van der Waals surface area (Å²) in [6.45, 7) is 5.02. The minimum Gasteiger partial charge on any atom is -0.494 e. The molecule has 0 bridgehead atoms. The van der Waals surface area contributed by atoms with Crippen LogP contribution in [0.4, 0.5) is 23.1 Å². The molecule has 5 aromatic rings. The highest BCUT2D eigenvalue weighted by atomic mass is 16.5. The molecule has 3 aromatic heterocycles. The van der Waals surface area contributed by atoms with E-state index in [0.717, 1.165) is 89.8 Å². The number of methoxy groups -OCH3 is 1. The number of morpholine rings is 1. The third-order valence-electron chi connectivity index (χ3n) is 7.94. The standard InChI is InChI=1S/C30H34N8O3/c1-18-31-23-10-8-19(16-25(23)41-18)27-26-28(32-20-6-4-3-5-7-20)34-30(35-29(26)37-36-27)33-22-11-9-21(17-24(22)39-2)38-12-14-40-15-13-38/h8-11,16-17,20H,3-7,12-15H2,1-2H3,(H3,32,33,34,35,36,37). The summed E-state index contributed by atoms with van der Waals surface area (Å²) in [5.74, 6) is 2.58. The van der Waals surface area contributed by atoms with Crippen molar-refractivity contribution in [1.29, 1.82) is 0 Å². The summed E-state index contributed by atoms with van der Waals surface area (Å²) in [6.07, 6.45) is 5.92. The van der Waals surface area contributed by atoms with Gasteiger partial charge in [0, 0.05) is 43.4 Å². The Kier molecular flexibility index (Phi) is 6.79. The van der Waals surface area contributed by atoms with E-state index < -0.39 is 0 Å². The third kappa shape index (κ3) is 5.13. The molecule has 0 amide bonds. The molecule has 0 atom stereocenters. The predicted molar refractivity (Wildman–Crippen MR) is 159 cm³/mol. The topological polar surface area (TPSA) is 126 Å². The number of benzene rings is 2. The number of hydrogen-bond donors (Lipinski definition) is 3. The Labute approximate surface area is 237 Å². The molecule has 7 rings (SSSR count). The Hall–Kier alpha value is -4.38. The minimum absolute atomic E-state index is 0.346. The molecule has 1 saturated carbocycles. The van der Waals surface area contributed by atoms with Gasteiger partial charge < -0.3 is 29.4 Å². The summed E-state index contributed by atoms with van der Waals surface area (Å²) in [6, 6.07) is 12.4. The summed E-state index contributed by atoms with van der Waals surface area (Å²) >= 11 is 0. The number of anilines is 4. The molecule has 11 nitrogen and oxygen atoms in total. The van der Waals surface area contributed by atoms with Crippen LogP contribution in [-0.2, 0) is 4.74 Å². The van der Waals surface area contributed by atoms with Gasteiger partial charge in [-0.15, -0.1) is 0 Å². The number of nitrogens with one attached hydrogen (secondary N) is 3. The SMILES string of the molecule is COc1cc(N2CCOCC2)ccc1Nc1nc(NC2CCCCC2)c2c(-c3ccc4nc(C)oc4c3)n[nH]c2n1. The molecular weight excluding hydrogens is 520 g/mol. The van der Waals surface area contributed by atoms with E-state index in [-0.39, 0.29) is 0 Å². The lowest BCUT2D eigenvalue weighted by atomic mass is 9.95. The summed E-state index contributed by atoms with van der Waals surface area (Å²) < 4.78 is 17.1. The maximum Gasteiger partial charge on any atom is 0.231 e. The van der Waals surface area contributed by atoms with E-state index in [1.165, 1.54) is 19.3 Å². The van der Waals surface area contributed by atoms with Gasteiger partial charge in [-0.25, -0.2) is 4.98 Å². The number of aromatic nitrogens is 5. The molecule has 1 saturated heterocycles. The fourth-order valence-electron chi connectivity index (χ4n) is 5.85. The fraction of sp³-hybridized carbons (Fsp3) is 0.400. The van der Waals surface area contributed by atoms with E-state index in [1.807, 2.05) is 37.3 Å². The molecule has 3 N–H and O–H groups in total. The van der Waals surface area contributed by atoms with Crippen LogP contribution in [0.15, 0.2) is 40.8 Å². The lowest BCUT2D eigenvalue weighted by Gasteiger charge is -2.29. The van der Waals surface area contributed by atoms with Gasteiger partial charge in [-0.3, -0.25) is 5.10 Å². The highest BCUT2D eigenvalue weighted by molar-refractivity contribution is 6.00. The van der Waals surface area contributed by atoms with Crippen LogP contribution < -0.4 is 20.3 Å². The summed E-state index contributed by atoms with van der Waals surface area (Å²) in [5, 5.41) is 15.8. The Balaban J connectivity index is 1.26. The fourth-order valence-corrected chi connectivity index (χ4v) is 5.85. The number of hydrogen-bond acceptors (Lipinski definition) is 10. The van der Waals surface area contributed by atoms with Crippen molar-refractivity contribution in [2.24, 2.45) is 0 Å². The van der Waals surface area contributed by atoms with Gasteiger partial charge in [0.05, 0.1) is 31.4 Å². The zero-order chi connectivity index (χ0) is 27.8. The number of oxazole rings is 1. The highest BCUT2D eigenvalue weighted by Crippen LogP contribution is 2.36. The van der Waals surface area contributed by atoms with Crippen LogP contribution in [0, 0.1) is 6.92 Å². The van der Waals surface area contributed by atoms with Crippen LogP contribution in [0.3, 0.4) is 0 Å². The Morgan fingerprint density at radius 3 is 2.68 bits per heavy atom. The van der Waals surface area contributed by atoms with Gasteiger partial charge in [0.2, 0.25) is 5.95 Å². The molecule has 2 aromatic carbocycles. The first-order valence-corrected chi connectivity index (χ1v) is 14.3. The van der Waals surface area contributed by atoms with Crippen LogP contribution in [0.1, 0.15) is 38.0 Å². The van der Waals surface area contributed by atoms with E-state index in [1.54, 1.807) is 7.11 Å². The number of nitrogens with zero attached hydrogens (tertiary/aromatic N) is 5. The van der Waals surface area contributed by atoms with Crippen molar-refractivity contribution >= 4 is 45.3 Å². The van der Waals surface area contributed by atoms with Crippen molar-refractivity contribution in [1.82, 2.24) is 25.1 Å². The van der Waals surface area contributed by atoms with Crippen molar-refractivity contribution in [2.75, 3.05) is 48.9 Å². The first-order valence-electron chi connectivity index (χ1n) is 14.3. The van der Waals surface area contributed by atoms with E-state index in [0.29, 0.717) is 23.5 Å². The number of aromatic amines is 1. The van der Waals surface area contributed by atoms with Crippen molar-refractivity contribution in [3.05, 3.63) is 42.3 Å². The number of rotatable bonds is 7. The molecule has 1 aliphatic heterocycles. The minimum atomic E-state index is 0.346. The Bertz CT molecular complexity index is 1680. The van der Waals surface area contributed by atoms with Gasteiger partial charge in [0.15, 0.2) is 17.1 Å². The molecule has 4 heterocycles. The normalized spacial score (nSPS) is 16.4. The molecule has 0 spiro atoms. The lowest BCUT2D eigenvalue weighted by molar-refractivity contribution is 0.122. The van der Waals surface area contributed by atoms with Crippen molar-refractivity contribution < 1.29 is 13.9 Å². The Morgan fingerprint density at radius 1 is 1.00 bits per heavy atom. The van der Waals surface area contributed by atoms with Gasteiger partial charge in [0.1, 0.15) is 22.8 Å². The number of fused-ring (bicyclic) bond motifs is 2. The molecule has 41 heavy (non-hydrogen) atoms. The molecule has 0 radical (unpaired) electrons.